The van der Waals surface area contributed by atoms with E-state index in [9.17, 15) is 50.4 Å². The number of nitrogens with zero attached hydrogens (tertiary/aromatic N) is 1. The molecule has 0 aliphatic carbocycles. The fourth-order valence-corrected chi connectivity index (χ4v) is 12.0. The van der Waals surface area contributed by atoms with Crippen LogP contribution in [-0.4, -0.2) is 139 Å². The molecule has 6 heterocycles. The van der Waals surface area contributed by atoms with Crippen LogP contribution in [0.1, 0.15) is 95.5 Å². The molecule has 29 heteroatoms. The summed E-state index contributed by atoms with van der Waals surface area (Å²) in [4.78, 5) is 109. The molecular weight excluding hydrogens is 1290 g/mol. The molecule has 7 aromatic carbocycles. The van der Waals surface area contributed by atoms with Crippen molar-refractivity contribution >= 4 is 64.6 Å². The summed E-state index contributed by atoms with van der Waals surface area (Å²) in [6.45, 7) is 3.65. The Morgan fingerprint density at radius 1 is 0.573 bits per heavy atom. The third-order valence-corrected chi connectivity index (χ3v) is 17.2. The molecule has 13 rings (SSSR count). The Morgan fingerprint density at radius 2 is 1.17 bits per heavy atom. The van der Waals surface area contributed by atoms with E-state index in [-0.39, 0.29) is 90.5 Å². The number of carbonyl (C=O) groups is 7. The Kier molecular flexibility index (Phi) is 19.1. The highest BCUT2D eigenvalue weighted by atomic mass is 35.5. The Labute approximate surface area is 556 Å². The van der Waals surface area contributed by atoms with Gasteiger partial charge in [-0.15, -0.1) is 0 Å². The third kappa shape index (κ3) is 14.1. The second-order valence-corrected chi connectivity index (χ2v) is 24.7. The van der Waals surface area contributed by atoms with Gasteiger partial charge in [0.05, 0.1) is 16.1 Å². The van der Waals surface area contributed by atoms with Gasteiger partial charge in [-0.1, -0.05) is 47.5 Å². The van der Waals surface area contributed by atoms with Crippen LogP contribution >= 0.6 is 23.2 Å². The quantitative estimate of drug-likeness (QED) is 0.0850. The normalized spacial score (nSPS) is 21.6. The lowest BCUT2D eigenvalue weighted by atomic mass is 9.89. The molecule has 0 spiro atoms. The van der Waals surface area contributed by atoms with Crippen LogP contribution in [0.2, 0.25) is 10.0 Å². The number of benzene rings is 7. The molecule has 10 atom stereocenters. The molecule has 96 heavy (non-hydrogen) atoms. The third-order valence-electron chi connectivity index (χ3n) is 16.6. The molecule has 0 saturated heterocycles. The lowest BCUT2D eigenvalue weighted by Gasteiger charge is -2.31. The summed E-state index contributed by atoms with van der Waals surface area (Å²) in [5.74, 6) is -13.5. The zero-order valence-electron chi connectivity index (χ0n) is 51.4. The number of ether oxygens (including phenoxy) is 3. The summed E-state index contributed by atoms with van der Waals surface area (Å²) in [7, 11) is 3.63. The minimum Gasteiger partial charge on any atom is -0.508 e. The van der Waals surface area contributed by atoms with E-state index in [1.807, 2.05) is 19.0 Å². The zero-order valence-corrected chi connectivity index (χ0v) is 52.9. The lowest BCUT2D eigenvalue weighted by molar-refractivity contribution is -0.137. The summed E-state index contributed by atoms with van der Waals surface area (Å²) < 4.78 is 18.7. The first-order valence-corrected chi connectivity index (χ1v) is 30.8. The Morgan fingerprint density at radius 3 is 1.83 bits per heavy atom. The van der Waals surface area contributed by atoms with Crippen molar-refractivity contribution in [3.8, 4) is 80.1 Å². The highest BCUT2D eigenvalue weighted by Gasteiger charge is 2.42. The van der Waals surface area contributed by atoms with Crippen LogP contribution in [0.15, 0.2) is 115 Å². The van der Waals surface area contributed by atoms with E-state index in [4.69, 9.17) is 37.4 Å². The zero-order chi connectivity index (χ0) is 68.7. The van der Waals surface area contributed by atoms with Gasteiger partial charge >= 0.3 is 0 Å². The fraction of sp³-hybridized carbons (Fsp3) is 0.269. The van der Waals surface area contributed by atoms with Gasteiger partial charge in [-0.05, 0) is 159 Å². The summed E-state index contributed by atoms with van der Waals surface area (Å²) in [6.07, 6.45) is -3.06. The minimum absolute atomic E-state index is 0.0496. The maximum atomic E-state index is 15.9. The van der Waals surface area contributed by atoms with Crippen molar-refractivity contribution in [2.45, 2.75) is 87.2 Å². The smallest absolute Gasteiger partial charge is 0.248 e. The van der Waals surface area contributed by atoms with Gasteiger partial charge < -0.3 is 97.2 Å². The molecule has 7 amide bonds. The van der Waals surface area contributed by atoms with E-state index in [0.717, 1.165) is 48.5 Å². The molecule has 0 radical (unpaired) electrons. The SMILES string of the molecule is CC(O)C(C)N[C@@H]1C(=O)N[C@@H]2Cc3ccc(c(Cl)c3)Oc3cc4cc(c3O)Oc3ccc(cc3Cl)[C@@H](O)[C@@H]3NC(=O)[C@H](NC(=O)[C@@H]4NC(=O)[C@@H](NC2=O)c2cc(O)cc(c2)Oc2cc1ccc2O)c1ccc(O)c(c1)-c1c(O)cc(O)cc1[C@H](C(=O)NCCCN(C)C)NC3=O. The average Bonchev–Trinajstić information content (AvgIpc) is 0.772. The lowest BCUT2D eigenvalue weighted by Crippen LogP contribution is -2.56. The summed E-state index contributed by atoms with van der Waals surface area (Å²) >= 11 is 13.9. The Balaban J connectivity index is 1.12. The fourth-order valence-electron chi connectivity index (χ4n) is 11.5. The number of nitrogens with one attached hydrogen (secondary N) is 8. The van der Waals surface area contributed by atoms with Crippen molar-refractivity contribution in [3.05, 3.63) is 164 Å². The molecule has 6 aliphatic rings. The van der Waals surface area contributed by atoms with Crippen LogP contribution in [0.3, 0.4) is 0 Å². The van der Waals surface area contributed by atoms with Gasteiger partial charge in [0.15, 0.2) is 23.0 Å². The molecule has 7 aromatic rings. The van der Waals surface area contributed by atoms with Crippen LogP contribution in [0.25, 0.3) is 11.1 Å². The highest BCUT2D eigenvalue weighted by Crippen LogP contribution is 2.48. The van der Waals surface area contributed by atoms with Crippen LogP contribution < -0.4 is 56.7 Å². The number of rotatable bonds is 8. The second-order valence-electron chi connectivity index (χ2n) is 23.9. The number of aliphatic hydroxyl groups excluding tert-OH is 2. The van der Waals surface area contributed by atoms with Crippen LogP contribution in [0.4, 0.5) is 0 Å². The van der Waals surface area contributed by atoms with E-state index >= 15 is 24.0 Å². The number of aromatic hydroxyl groups is 6. The van der Waals surface area contributed by atoms with Crippen molar-refractivity contribution in [2.24, 2.45) is 0 Å². The number of fused-ring (bicyclic) bond motifs is 14. The van der Waals surface area contributed by atoms with E-state index in [2.05, 4.69) is 42.5 Å². The van der Waals surface area contributed by atoms with Crippen molar-refractivity contribution in [1.29, 1.82) is 0 Å². The maximum Gasteiger partial charge on any atom is 0.248 e. The van der Waals surface area contributed by atoms with Gasteiger partial charge in [-0.2, -0.15) is 0 Å². The summed E-state index contributed by atoms with van der Waals surface area (Å²) in [5.41, 5.74) is -1.40. The van der Waals surface area contributed by atoms with E-state index in [1.165, 1.54) is 73.7 Å². The second kappa shape index (κ2) is 27.4. The van der Waals surface area contributed by atoms with Crippen LogP contribution in [0, 0.1) is 0 Å². The Bertz CT molecular complexity index is 4310. The number of hydrogen-bond acceptors (Lipinski definition) is 20. The van der Waals surface area contributed by atoms with Gasteiger partial charge in [0.2, 0.25) is 47.1 Å². The topological polar surface area (TPSA) is 408 Å². The highest BCUT2D eigenvalue weighted by molar-refractivity contribution is 6.32. The standard InChI is InChI=1S/C67H65Cl2N9O18/c1-28(29(2)79)71-53-32-8-11-45(83)49(22-32)94-38-19-34(18-36(80)25-38)55-65(91)75-56-35-23-50(95-47-12-6-30(16-41(47)68)17-43(61(87)73-55)72-63(53)89)60(86)51(24-35)96-48-13-9-33(21-42(48)69)59(85)58-67(93)76-57(62(88)70-14-5-15-78(3)4)40-26-37(81)27-46(84)52(40)39-20-31(7-10-44(39)82)54(64(90)77-58)74-66(56)92/h6-13,16,18-29,43,53-59,71,79-86H,5,14-15,17H2,1-4H3,(H,70,88)(H,72,89)(H,73,87)(H,74,92)(H,75,91)(H,76,93)(H,77,90)/t28?,29?,43-,53+,54-,55+,56-,57-,58+,59-/m1/s1. The first-order valence-electron chi connectivity index (χ1n) is 30.1. The molecule has 0 aromatic heterocycles. The molecule has 27 nitrogen and oxygen atoms in total. The van der Waals surface area contributed by atoms with Crippen LogP contribution in [-0.2, 0) is 40.0 Å². The van der Waals surface area contributed by atoms with Gasteiger partial charge in [-0.25, -0.2) is 0 Å². The van der Waals surface area contributed by atoms with E-state index < -0.39 is 148 Å². The largest absolute Gasteiger partial charge is 0.508 e. The van der Waals surface area contributed by atoms with Gasteiger partial charge in [0, 0.05) is 42.3 Å². The summed E-state index contributed by atoms with van der Waals surface area (Å²) in [5, 5.41) is 113. The first-order chi connectivity index (χ1) is 45.7. The van der Waals surface area contributed by atoms with Gasteiger partial charge in [0.1, 0.15) is 88.6 Å². The number of phenols is 6. The predicted octanol–water partition coefficient (Wildman–Crippen LogP) is 5.37. The average molecular weight is 1360 g/mol. The molecule has 0 fully saturated rings. The van der Waals surface area contributed by atoms with Gasteiger partial charge in [-0.3, -0.25) is 38.9 Å². The number of amides is 7. The molecule has 500 valence electrons. The molecular formula is C67H65Cl2N9O18. The van der Waals surface area contributed by atoms with Crippen molar-refractivity contribution in [2.75, 3.05) is 27.2 Å². The monoisotopic (exact) mass is 1350 g/mol. The maximum absolute atomic E-state index is 15.9. The predicted molar refractivity (Wildman–Crippen MR) is 344 cm³/mol. The molecule has 2 unspecified atom stereocenters. The molecule has 0 saturated carbocycles. The number of halogens is 2. The number of aliphatic hydroxyl groups is 2. The number of hydrogen-bond donors (Lipinski definition) is 16. The van der Waals surface area contributed by atoms with Gasteiger partial charge in [0.25, 0.3) is 0 Å². The molecule has 17 bridgehead atoms. The molecule has 6 aliphatic heterocycles. The molecule has 16 N–H and O–H groups in total. The minimum atomic E-state index is -2.17. The van der Waals surface area contributed by atoms with Crippen molar-refractivity contribution in [3.63, 3.8) is 0 Å². The van der Waals surface area contributed by atoms with E-state index in [1.54, 1.807) is 6.92 Å². The Hall–Kier alpha value is -10.6. The van der Waals surface area contributed by atoms with Crippen molar-refractivity contribution < 1.29 is 88.6 Å². The van der Waals surface area contributed by atoms with Crippen LogP contribution in [0.5, 0.6) is 69.0 Å². The van der Waals surface area contributed by atoms with E-state index in [0.29, 0.717) is 18.5 Å². The summed E-state index contributed by atoms with van der Waals surface area (Å²) in [6, 6.07) is 8.80. The first kappa shape index (κ1) is 66.9. The number of phenolic OH excluding ortho intramolecular Hbond substituents is 6. The number of carbonyl (C=O) groups excluding carboxylic acids is 7. The van der Waals surface area contributed by atoms with Crippen molar-refractivity contribution in [1.82, 2.24) is 47.4 Å².